The van der Waals surface area contributed by atoms with Crippen LogP contribution in [0.25, 0.3) is 21.5 Å². The third-order valence-electron chi connectivity index (χ3n) is 7.13. The summed E-state index contributed by atoms with van der Waals surface area (Å²) in [7, 11) is 0. The van der Waals surface area contributed by atoms with E-state index in [2.05, 4.69) is 15.5 Å². The fourth-order valence-electron chi connectivity index (χ4n) is 4.97. The summed E-state index contributed by atoms with van der Waals surface area (Å²) in [6.07, 6.45) is 5.66. The van der Waals surface area contributed by atoms with Gasteiger partial charge in [0.1, 0.15) is 17.0 Å². The van der Waals surface area contributed by atoms with Crippen LogP contribution in [0.5, 0.6) is 0 Å². The molecular weight excluding hydrogens is 552 g/mol. The van der Waals surface area contributed by atoms with Crippen LogP contribution >= 0.6 is 34.5 Å². The van der Waals surface area contributed by atoms with E-state index in [1.165, 1.54) is 17.4 Å². The number of carboxylic acids is 1. The third-order valence-corrected chi connectivity index (χ3v) is 8.69. The Hall–Kier alpha value is -2.72. The first kappa shape index (κ1) is 25.6. The number of rotatable bonds is 8. The topological polar surface area (TPSA) is 97.5 Å². The van der Waals surface area contributed by atoms with E-state index in [0.29, 0.717) is 43.7 Å². The van der Waals surface area contributed by atoms with Crippen molar-refractivity contribution < 1.29 is 23.6 Å². The van der Waals surface area contributed by atoms with Gasteiger partial charge in [-0.3, -0.25) is 0 Å². The van der Waals surface area contributed by atoms with Crippen LogP contribution in [-0.4, -0.2) is 33.4 Å². The fourth-order valence-corrected chi connectivity index (χ4v) is 6.54. The number of carbonyl (C=O) groups is 1. The number of aromatic nitrogens is 2. The number of nitrogens with one attached hydrogen (secondary N) is 1. The van der Waals surface area contributed by atoms with Crippen molar-refractivity contribution in [2.45, 2.75) is 63.2 Å². The molecule has 2 fully saturated rings. The fraction of sp³-hybridized carbons (Fsp3) is 0.370. The number of hydrogen-bond acceptors (Lipinski definition) is 7. The molecule has 0 bridgehead atoms. The van der Waals surface area contributed by atoms with Crippen molar-refractivity contribution >= 4 is 55.9 Å². The van der Waals surface area contributed by atoms with E-state index in [1.54, 1.807) is 18.2 Å². The van der Waals surface area contributed by atoms with Gasteiger partial charge in [-0.25, -0.2) is 14.2 Å². The van der Waals surface area contributed by atoms with Crippen molar-refractivity contribution in [1.29, 1.82) is 0 Å². The molecule has 2 aromatic heterocycles. The van der Waals surface area contributed by atoms with E-state index in [4.69, 9.17) is 32.5 Å². The summed E-state index contributed by atoms with van der Waals surface area (Å²) in [5.41, 5.74) is 2.34. The summed E-state index contributed by atoms with van der Waals surface area (Å²) in [5, 5.41) is 18.5. The highest BCUT2D eigenvalue weighted by atomic mass is 35.5. The average Bonchev–Trinajstić information content (AvgIpc) is 3.52. The van der Waals surface area contributed by atoms with Gasteiger partial charge in [0.2, 0.25) is 0 Å². The Balaban J connectivity index is 1.10. The van der Waals surface area contributed by atoms with Gasteiger partial charge in [-0.05, 0) is 62.8 Å². The molecule has 0 saturated heterocycles. The summed E-state index contributed by atoms with van der Waals surface area (Å²) >= 11 is 14.2. The quantitative estimate of drug-likeness (QED) is 0.220. The zero-order chi connectivity index (χ0) is 26.4. The number of halogens is 3. The SMILES string of the molecule is O=C(O)c1cc(F)c2nc(N[C@H]3CC[C@@H](OCc4c(-c5c(Cl)cccc5Cl)noc4C4CC4)CC3)sc2c1. The Morgan fingerprint density at radius 3 is 2.58 bits per heavy atom. The van der Waals surface area contributed by atoms with Gasteiger partial charge in [-0.1, -0.05) is 45.8 Å². The average molecular weight is 576 g/mol. The Bertz CT molecular complexity index is 1490. The van der Waals surface area contributed by atoms with Crippen LogP contribution in [0.4, 0.5) is 9.52 Å². The highest BCUT2D eigenvalue weighted by molar-refractivity contribution is 7.22. The Morgan fingerprint density at radius 1 is 1.16 bits per heavy atom. The Labute approximate surface area is 231 Å². The summed E-state index contributed by atoms with van der Waals surface area (Å²) in [6.45, 7) is 0.373. The molecule has 0 amide bonds. The summed E-state index contributed by atoms with van der Waals surface area (Å²) in [4.78, 5) is 15.6. The molecule has 0 radical (unpaired) electrons. The van der Waals surface area contributed by atoms with E-state index >= 15 is 0 Å². The molecule has 2 heterocycles. The molecule has 0 aliphatic heterocycles. The van der Waals surface area contributed by atoms with E-state index in [1.807, 2.05) is 0 Å². The van der Waals surface area contributed by atoms with E-state index < -0.39 is 11.8 Å². The number of carboxylic acid groups (broad SMARTS) is 1. The number of nitrogens with zero attached hydrogens (tertiary/aromatic N) is 2. The Kier molecular flexibility index (Phi) is 7.03. The molecule has 2 aliphatic carbocycles. The van der Waals surface area contributed by atoms with Crippen LogP contribution in [0.3, 0.4) is 0 Å². The molecule has 7 nitrogen and oxygen atoms in total. The number of ether oxygens (including phenoxy) is 1. The molecule has 2 aromatic carbocycles. The lowest BCUT2D eigenvalue weighted by Gasteiger charge is -2.29. The van der Waals surface area contributed by atoms with Gasteiger partial charge >= 0.3 is 5.97 Å². The second-order valence-electron chi connectivity index (χ2n) is 9.80. The smallest absolute Gasteiger partial charge is 0.335 e. The summed E-state index contributed by atoms with van der Waals surface area (Å²) < 4.78 is 26.9. The van der Waals surface area contributed by atoms with Crippen molar-refractivity contribution in [1.82, 2.24) is 10.1 Å². The molecule has 198 valence electrons. The second kappa shape index (κ2) is 10.4. The predicted octanol–water partition coefficient (Wildman–Crippen LogP) is 7.91. The monoisotopic (exact) mass is 575 g/mol. The minimum absolute atomic E-state index is 0.0792. The Morgan fingerprint density at radius 2 is 1.89 bits per heavy atom. The number of anilines is 1. The van der Waals surface area contributed by atoms with Crippen LogP contribution < -0.4 is 5.32 Å². The number of aromatic carboxylic acids is 1. The zero-order valence-electron chi connectivity index (χ0n) is 20.2. The van der Waals surface area contributed by atoms with Crippen LogP contribution in [-0.2, 0) is 11.3 Å². The number of fused-ring (bicyclic) bond motifs is 1. The first-order valence-electron chi connectivity index (χ1n) is 12.5. The highest BCUT2D eigenvalue weighted by Crippen LogP contribution is 2.46. The van der Waals surface area contributed by atoms with Crippen molar-refractivity contribution in [3.8, 4) is 11.3 Å². The summed E-state index contributed by atoms with van der Waals surface area (Å²) in [5.74, 6) is -0.565. The molecule has 6 rings (SSSR count). The standard InChI is InChI=1S/C27H24Cl2FN3O4S/c28-18-2-1-3-19(29)22(18)23-17(25(37-33-23)13-4-5-13)12-36-16-8-6-15(7-9-16)31-27-32-24-20(30)10-14(26(34)35)11-21(24)38-27/h1-3,10-11,13,15-16H,4-9,12H2,(H,31,32)(H,34,35)/t15-,16+. The van der Waals surface area contributed by atoms with Crippen LogP contribution in [0, 0.1) is 5.82 Å². The van der Waals surface area contributed by atoms with Crippen molar-refractivity contribution in [3.63, 3.8) is 0 Å². The van der Waals surface area contributed by atoms with Crippen molar-refractivity contribution in [3.05, 3.63) is 63.1 Å². The van der Waals surface area contributed by atoms with Gasteiger partial charge in [0.25, 0.3) is 0 Å². The maximum absolute atomic E-state index is 14.3. The molecule has 11 heteroatoms. The largest absolute Gasteiger partial charge is 0.478 e. The van der Waals surface area contributed by atoms with E-state index in [0.717, 1.165) is 55.9 Å². The molecule has 0 spiro atoms. The normalized spacial score (nSPS) is 19.7. The molecule has 4 aromatic rings. The maximum Gasteiger partial charge on any atom is 0.335 e. The van der Waals surface area contributed by atoms with Gasteiger partial charge in [0.15, 0.2) is 10.9 Å². The highest BCUT2D eigenvalue weighted by Gasteiger charge is 2.34. The van der Waals surface area contributed by atoms with Crippen LogP contribution in [0.15, 0.2) is 34.9 Å². The van der Waals surface area contributed by atoms with Gasteiger partial charge < -0.3 is 19.7 Å². The zero-order valence-corrected chi connectivity index (χ0v) is 22.5. The minimum atomic E-state index is -1.16. The second-order valence-corrected chi connectivity index (χ2v) is 11.6. The van der Waals surface area contributed by atoms with Gasteiger partial charge in [-0.15, -0.1) is 0 Å². The number of hydrogen-bond donors (Lipinski definition) is 2. The third kappa shape index (κ3) is 5.12. The lowest BCUT2D eigenvalue weighted by Crippen LogP contribution is -2.29. The van der Waals surface area contributed by atoms with Crippen LogP contribution in [0.1, 0.15) is 66.1 Å². The molecule has 2 saturated carbocycles. The summed E-state index contributed by atoms with van der Waals surface area (Å²) in [6, 6.07) is 8.02. The van der Waals surface area contributed by atoms with Crippen LogP contribution in [0.2, 0.25) is 10.0 Å². The number of benzene rings is 2. The molecule has 0 atom stereocenters. The van der Waals surface area contributed by atoms with Crippen molar-refractivity contribution in [2.75, 3.05) is 5.32 Å². The van der Waals surface area contributed by atoms with E-state index in [-0.39, 0.29) is 23.2 Å². The van der Waals surface area contributed by atoms with E-state index in [9.17, 15) is 14.3 Å². The molecule has 2 N–H and O–H groups in total. The first-order chi connectivity index (χ1) is 18.4. The van der Waals surface area contributed by atoms with Gasteiger partial charge in [0, 0.05) is 23.1 Å². The lowest BCUT2D eigenvalue weighted by atomic mass is 9.93. The predicted molar refractivity (Wildman–Crippen MR) is 145 cm³/mol. The number of thiazole rings is 1. The van der Waals surface area contributed by atoms with Gasteiger partial charge in [0.05, 0.1) is 33.0 Å². The lowest BCUT2D eigenvalue weighted by molar-refractivity contribution is 0.0145. The first-order valence-corrected chi connectivity index (χ1v) is 14.1. The minimum Gasteiger partial charge on any atom is -0.478 e. The molecule has 38 heavy (non-hydrogen) atoms. The van der Waals surface area contributed by atoms with Crippen molar-refractivity contribution in [2.24, 2.45) is 0 Å². The molecular formula is C27H24Cl2FN3O4S. The molecule has 0 unspecified atom stereocenters. The molecule has 2 aliphatic rings. The maximum atomic E-state index is 14.3. The van der Waals surface area contributed by atoms with Gasteiger partial charge in [-0.2, -0.15) is 0 Å².